The molecule has 1 aliphatic heterocycles. The van der Waals surface area contributed by atoms with E-state index in [4.69, 9.17) is 10.5 Å². The Hall–Kier alpha value is -1.10. The Morgan fingerprint density at radius 3 is 2.58 bits per heavy atom. The maximum absolute atomic E-state index is 12.6. The summed E-state index contributed by atoms with van der Waals surface area (Å²) in [5.41, 5.74) is 5.16. The van der Waals surface area contributed by atoms with Crippen LogP contribution in [0.5, 0.6) is 0 Å². The molecule has 5 nitrogen and oxygen atoms in total. The minimum Gasteiger partial charge on any atom is -0.464 e. The molecule has 0 aromatic heterocycles. The largest absolute Gasteiger partial charge is 0.464 e. The van der Waals surface area contributed by atoms with Crippen molar-refractivity contribution in [3.63, 3.8) is 0 Å². The SMILES string of the molecule is CCOC(=O)C1CCCCN1C(=O)C(C)(CC)CN. The van der Waals surface area contributed by atoms with Gasteiger partial charge in [0.05, 0.1) is 12.0 Å². The molecule has 19 heavy (non-hydrogen) atoms. The van der Waals surface area contributed by atoms with Crippen molar-refractivity contribution in [1.82, 2.24) is 4.90 Å². The predicted molar refractivity (Wildman–Crippen MR) is 73.4 cm³/mol. The second-order valence-corrected chi connectivity index (χ2v) is 5.38. The van der Waals surface area contributed by atoms with Crippen LogP contribution in [-0.2, 0) is 14.3 Å². The lowest BCUT2D eigenvalue weighted by Crippen LogP contribution is -2.54. The highest BCUT2D eigenvalue weighted by atomic mass is 16.5. The maximum Gasteiger partial charge on any atom is 0.328 e. The molecule has 1 fully saturated rings. The summed E-state index contributed by atoms with van der Waals surface area (Å²) in [5, 5.41) is 0. The molecule has 0 radical (unpaired) electrons. The van der Waals surface area contributed by atoms with Crippen molar-refractivity contribution in [3.05, 3.63) is 0 Å². The van der Waals surface area contributed by atoms with Crippen LogP contribution in [-0.4, -0.2) is 42.5 Å². The van der Waals surface area contributed by atoms with Crippen molar-refractivity contribution < 1.29 is 14.3 Å². The molecule has 1 aliphatic rings. The van der Waals surface area contributed by atoms with Gasteiger partial charge in [-0.3, -0.25) is 4.79 Å². The predicted octanol–water partition coefficient (Wildman–Crippen LogP) is 1.31. The molecular formula is C14H26N2O3. The first-order valence-electron chi connectivity index (χ1n) is 7.18. The van der Waals surface area contributed by atoms with Crippen LogP contribution in [0.15, 0.2) is 0 Å². The summed E-state index contributed by atoms with van der Waals surface area (Å²) in [7, 11) is 0. The van der Waals surface area contributed by atoms with Crippen molar-refractivity contribution in [2.24, 2.45) is 11.1 Å². The van der Waals surface area contributed by atoms with Crippen LogP contribution in [0, 0.1) is 5.41 Å². The van der Waals surface area contributed by atoms with Gasteiger partial charge in [-0.05, 0) is 39.5 Å². The van der Waals surface area contributed by atoms with Gasteiger partial charge in [-0.15, -0.1) is 0 Å². The first-order chi connectivity index (χ1) is 9.00. The Balaban J connectivity index is 2.87. The number of hydrogen-bond acceptors (Lipinski definition) is 4. The van der Waals surface area contributed by atoms with Crippen molar-refractivity contribution in [2.45, 2.75) is 52.5 Å². The number of piperidine rings is 1. The summed E-state index contributed by atoms with van der Waals surface area (Å²) in [5.74, 6) is -0.304. The normalized spacial score (nSPS) is 22.7. The number of nitrogens with zero attached hydrogens (tertiary/aromatic N) is 1. The van der Waals surface area contributed by atoms with E-state index in [1.165, 1.54) is 0 Å². The number of amides is 1. The molecule has 5 heteroatoms. The molecule has 1 rings (SSSR count). The van der Waals surface area contributed by atoms with Gasteiger partial charge in [0.25, 0.3) is 0 Å². The van der Waals surface area contributed by atoms with E-state index in [1.807, 2.05) is 13.8 Å². The standard InChI is InChI=1S/C14H26N2O3/c1-4-14(3,10-15)13(18)16-9-7-6-8-11(16)12(17)19-5-2/h11H,4-10,15H2,1-3H3. The van der Waals surface area contributed by atoms with Crippen LogP contribution in [0.2, 0.25) is 0 Å². The van der Waals surface area contributed by atoms with E-state index in [-0.39, 0.29) is 11.9 Å². The van der Waals surface area contributed by atoms with E-state index in [2.05, 4.69) is 0 Å². The third-order valence-corrected chi connectivity index (χ3v) is 4.07. The summed E-state index contributed by atoms with van der Waals surface area (Å²) in [6.45, 7) is 6.87. The molecule has 110 valence electrons. The van der Waals surface area contributed by atoms with Gasteiger partial charge < -0.3 is 15.4 Å². The van der Waals surface area contributed by atoms with Crippen molar-refractivity contribution in [3.8, 4) is 0 Å². The average Bonchev–Trinajstić information content (AvgIpc) is 2.45. The summed E-state index contributed by atoms with van der Waals surface area (Å²) >= 11 is 0. The Labute approximate surface area is 115 Å². The van der Waals surface area contributed by atoms with E-state index >= 15 is 0 Å². The molecule has 0 saturated carbocycles. The Bertz CT molecular complexity index is 327. The molecule has 0 aliphatic carbocycles. The third-order valence-electron chi connectivity index (χ3n) is 4.07. The van der Waals surface area contributed by atoms with Gasteiger partial charge in [0.15, 0.2) is 0 Å². The molecule has 1 heterocycles. The lowest BCUT2D eigenvalue weighted by Gasteiger charge is -2.39. The van der Waals surface area contributed by atoms with E-state index in [9.17, 15) is 9.59 Å². The molecule has 0 aromatic rings. The van der Waals surface area contributed by atoms with Crippen LogP contribution in [0.3, 0.4) is 0 Å². The van der Waals surface area contributed by atoms with E-state index < -0.39 is 11.5 Å². The molecule has 0 bridgehead atoms. The van der Waals surface area contributed by atoms with E-state index in [1.54, 1.807) is 11.8 Å². The Morgan fingerprint density at radius 1 is 1.37 bits per heavy atom. The van der Waals surface area contributed by atoms with Gasteiger partial charge in [-0.1, -0.05) is 6.92 Å². The fourth-order valence-electron chi connectivity index (χ4n) is 2.39. The summed E-state index contributed by atoms with van der Waals surface area (Å²) in [6, 6.07) is -0.432. The minimum absolute atomic E-state index is 0.0183. The number of carbonyl (C=O) groups excluding carboxylic acids is 2. The van der Waals surface area contributed by atoms with Gasteiger partial charge in [0.1, 0.15) is 6.04 Å². The van der Waals surface area contributed by atoms with E-state index in [0.717, 1.165) is 12.8 Å². The smallest absolute Gasteiger partial charge is 0.328 e. The summed E-state index contributed by atoms with van der Waals surface area (Å²) in [4.78, 5) is 26.3. The van der Waals surface area contributed by atoms with Gasteiger partial charge in [-0.25, -0.2) is 4.79 Å². The molecular weight excluding hydrogens is 244 g/mol. The molecule has 2 atom stereocenters. The molecule has 2 unspecified atom stereocenters. The van der Waals surface area contributed by atoms with Gasteiger partial charge in [-0.2, -0.15) is 0 Å². The van der Waals surface area contributed by atoms with Crippen molar-refractivity contribution in [2.75, 3.05) is 19.7 Å². The van der Waals surface area contributed by atoms with E-state index in [0.29, 0.717) is 32.5 Å². The van der Waals surface area contributed by atoms with Crippen LogP contribution in [0.1, 0.15) is 46.5 Å². The summed E-state index contributed by atoms with van der Waals surface area (Å²) in [6.07, 6.45) is 3.26. The zero-order chi connectivity index (χ0) is 14.5. The Kier molecular flexibility index (Phi) is 5.79. The third kappa shape index (κ3) is 3.47. The minimum atomic E-state index is -0.581. The highest BCUT2D eigenvalue weighted by molar-refractivity contribution is 5.88. The first kappa shape index (κ1) is 16.0. The number of esters is 1. The van der Waals surface area contributed by atoms with Crippen LogP contribution in [0.25, 0.3) is 0 Å². The van der Waals surface area contributed by atoms with Gasteiger partial charge >= 0.3 is 5.97 Å². The molecule has 0 spiro atoms. The fraction of sp³-hybridized carbons (Fsp3) is 0.857. The lowest BCUT2D eigenvalue weighted by atomic mass is 9.84. The molecule has 0 aromatic carbocycles. The number of hydrogen-bond donors (Lipinski definition) is 1. The first-order valence-corrected chi connectivity index (χ1v) is 7.18. The average molecular weight is 270 g/mol. The zero-order valence-electron chi connectivity index (χ0n) is 12.3. The second-order valence-electron chi connectivity index (χ2n) is 5.38. The fourth-order valence-corrected chi connectivity index (χ4v) is 2.39. The number of nitrogens with two attached hydrogens (primary N) is 1. The zero-order valence-corrected chi connectivity index (χ0v) is 12.3. The van der Waals surface area contributed by atoms with Gasteiger partial charge in [0, 0.05) is 13.1 Å². The quantitative estimate of drug-likeness (QED) is 0.764. The number of carbonyl (C=O) groups is 2. The molecule has 1 amide bonds. The maximum atomic E-state index is 12.6. The summed E-state index contributed by atoms with van der Waals surface area (Å²) < 4.78 is 5.08. The van der Waals surface area contributed by atoms with Crippen LogP contribution >= 0.6 is 0 Å². The monoisotopic (exact) mass is 270 g/mol. The molecule has 1 saturated heterocycles. The van der Waals surface area contributed by atoms with Crippen LogP contribution < -0.4 is 5.73 Å². The second kappa shape index (κ2) is 6.89. The van der Waals surface area contributed by atoms with Crippen molar-refractivity contribution >= 4 is 11.9 Å². The lowest BCUT2D eigenvalue weighted by molar-refractivity contribution is -0.160. The van der Waals surface area contributed by atoms with Crippen LogP contribution in [0.4, 0.5) is 0 Å². The molecule has 2 N–H and O–H groups in total. The van der Waals surface area contributed by atoms with Crippen molar-refractivity contribution in [1.29, 1.82) is 0 Å². The topological polar surface area (TPSA) is 72.6 Å². The number of rotatable bonds is 5. The number of likely N-dealkylation sites (tertiary alicyclic amines) is 1. The van der Waals surface area contributed by atoms with Gasteiger partial charge in [0.2, 0.25) is 5.91 Å². The highest BCUT2D eigenvalue weighted by Gasteiger charge is 2.40. The Morgan fingerprint density at radius 2 is 2.05 bits per heavy atom. The highest BCUT2D eigenvalue weighted by Crippen LogP contribution is 2.28. The number of ether oxygens (including phenoxy) is 1.